The number of carbonyl (C=O) groups excluding carboxylic acids is 1. The van der Waals surface area contributed by atoms with Crippen LogP contribution in [0.2, 0.25) is 0 Å². The van der Waals surface area contributed by atoms with Crippen molar-refractivity contribution in [3.63, 3.8) is 0 Å². The van der Waals surface area contributed by atoms with Crippen molar-refractivity contribution in [2.75, 3.05) is 31.6 Å². The van der Waals surface area contributed by atoms with Gasteiger partial charge in [-0.25, -0.2) is 4.98 Å². The second-order valence-corrected chi connectivity index (χ2v) is 8.52. The van der Waals surface area contributed by atoms with E-state index in [1.165, 1.54) is 50.4 Å². The van der Waals surface area contributed by atoms with Gasteiger partial charge < -0.3 is 25.2 Å². The molecule has 182 valence electrons. The van der Waals surface area contributed by atoms with Gasteiger partial charge in [-0.2, -0.15) is 0 Å². The zero-order valence-corrected chi connectivity index (χ0v) is 18.9. The first-order valence-corrected chi connectivity index (χ1v) is 11.8. The van der Waals surface area contributed by atoms with Crippen molar-refractivity contribution in [2.24, 2.45) is 11.8 Å². The third-order valence-electron chi connectivity index (χ3n) is 6.10. The van der Waals surface area contributed by atoms with Crippen LogP contribution in [0, 0.1) is 22.0 Å². The van der Waals surface area contributed by atoms with Crippen LogP contribution in [0.1, 0.15) is 51.4 Å². The van der Waals surface area contributed by atoms with Crippen LogP contribution in [0.25, 0.3) is 0 Å². The normalized spacial score (nSPS) is 21.1. The molecule has 1 aromatic heterocycles. The molecule has 1 saturated carbocycles. The second kappa shape index (κ2) is 13.1. The van der Waals surface area contributed by atoms with Gasteiger partial charge in [0.05, 0.1) is 11.5 Å². The lowest BCUT2D eigenvalue weighted by Gasteiger charge is -2.35. The van der Waals surface area contributed by atoms with Crippen LogP contribution in [-0.4, -0.2) is 53.5 Å². The molecule has 2 heterocycles. The Bertz CT molecular complexity index is 795. The summed E-state index contributed by atoms with van der Waals surface area (Å²) in [6, 6.07) is 2.90. The first kappa shape index (κ1) is 24.9. The number of nitrogens with zero attached hydrogens (tertiary/aromatic N) is 2. The summed E-state index contributed by atoms with van der Waals surface area (Å²) in [5.74, 6) is 1.32. The van der Waals surface area contributed by atoms with E-state index in [1.54, 1.807) is 0 Å². The molecule has 1 amide bonds. The number of allylic oxidation sites excluding steroid dienone is 1. The highest BCUT2D eigenvalue weighted by molar-refractivity contribution is 5.91. The Labute approximate surface area is 193 Å². The number of aliphatic hydroxyl groups excluding tert-OH is 1. The van der Waals surface area contributed by atoms with Gasteiger partial charge in [0.25, 0.3) is 11.6 Å². The molecule has 0 bridgehead atoms. The van der Waals surface area contributed by atoms with Gasteiger partial charge in [0.15, 0.2) is 5.76 Å². The maximum atomic E-state index is 12.8. The minimum absolute atomic E-state index is 0.0732. The van der Waals surface area contributed by atoms with E-state index >= 15 is 0 Å². The smallest absolute Gasteiger partial charge is 0.287 e. The third-order valence-corrected chi connectivity index (χ3v) is 6.10. The Kier molecular flexibility index (Phi) is 9.89. The number of hydrogen-bond acceptors (Lipinski definition) is 8. The summed E-state index contributed by atoms with van der Waals surface area (Å²) < 4.78 is 11.7. The van der Waals surface area contributed by atoms with Gasteiger partial charge in [0, 0.05) is 32.2 Å². The predicted molar refractivity (Wildman–Crippen MR) is 122 cm³/mol. The minimum Gasteiger partial charge on any atom is -0.459 e. The maximum absolute atomic E-state index is 12.8. The maximum Gasteiger partial charge on any atom is 0.287 e. The molecule has 33 heavy (non-hydrogen) atoms. The first-order valence-electron chi connectivity index (χ1n) is 11.8. The molecule has 3 N–H and O–H groups in total. The van der Waals surface area contributed by atoms with Crippen molar-refractivity contribution in [1.29, 1.82) is 0 Å². The van der Waals surface area contributed by atoms with Crippen molar-refractivity contribution in [1.82, 2.24) is 10.3 Å². The number of ether oxygens (including phenoxy) is 2. The quantitative estimate of drug-likeness (QED) is 0.245. The van der Waals surface area contributed by atoms with Crippen molar-refractivity contribution in [3.05, 3.63) is 40.3 Å². The third kappa shape index (κ3) is 7.97. The lowest BCUT2D eigenvalue weighted by molar-refractivity contribution is -0.385. The molecular weight excluding hydrogens is 428 g/mol. The highest BCUT2D eigenvalue weighted by Crippen LogP contribution is 2.37. The fourth-order valence-corrected chi connectivity index (χ4v) is 4.32. The largest absolute Gasteiger partial charge is 0.459 e. The van der Waals surface area contributed by atoms with Gasteiger partial charge in [-0.15, -0.1) is 0 Å². The Morgan fingerprint density at radius 3 is 2.76 bits per heavy atom. The highest BCUT2D eigenvalue weighted by atomic mass is 16.7. The molecule has 0 aromatic carbocycles. The number of pyridine rings is 1. The van der Waals surface area contributed by atoms with E-state index in [2.05, 4.69) is 15.6 Å². The van der Waals surface area contributed by atoms with Gasteiger partial charge in [-0.1, -0.05) is 19.3 Å². The van der Waals surface area contributed by atoms with E-state index in [1.807, 2.05) is 6.08 Å². The molecule has 2 aliphatic rings. The van der Waals surface area contributed by atoms with E-state index in [0.717, 1.165) is 12.8 Å². The van der Waals surface area contributed by atoms with Crippen LogP contribution in [0.5, 0.6) is 0 Å². The van der Waals surface area contributed by atoms with Crippen molar-refractivity contribution >= 4 is 17.4 Å². The summed E-state index contributed by atoms with van der Waals surface area (Å²) in [5, 5.41) is 25.5. The van der Waals surface area contributed by atoms with E-state index in [-0.39, 0.29) is 24.1 Å². The molecule has 0 radical (unpaired) electrons. The molecule has 1 aliphatic carbocycles. The van der Waals surface area contributed by atoms with Crippen molar-refractivity contribution in [2.45, 2.75) is 57.7 Å². The van der Waals surface area contributed by atoms with Gasteiger partial charge in [0.2, 0.25) is 6.29 Å². The summed E-state index contributed by atoms with van der Waals surface area (Å²) >= 11 is 0. The molecule has 10 nitrogen and oxygen atoms in total. The number of nitrogens with one attached hydrogen (secondary N) is 2. The molecule has 3 rings (SSSR count). The van der Waals surface area contributed by atoms with Crippen LogP contribution in [0.3, 0.4) is 0 Å². The average molecular weight is 463 g/mol. The number of unbranched alkanes of at least 4 members (excludes halogenated alkanes) is 1. The van der Waals surface area contributed by atoms with Gasteiger partial charge >= 0.3 is 0 Å². The van der Waals surface area contributed by atoms with Gasteiger partial charge in [0.1, 0.15) is 12.0 Å². The molecule has 10 heteroatoms. The number of nitro groups is 1. The SMILES string of the molecule is O=C(NCCNc1ccc([N+](=O)[O-])cn1)C1=C[C@H](C2CCCCC2)C[C@H](OCCCCO)O1. The lowest BCUT2D eigenvalue weighted by atomic mass is 9.77. The van der Waals surface area contributed by atoms with Crippen LogP contribution < -0.4 is 10.6 Å². The van der Waals surface area contributed by atoms with Gasteiger partial charge in [-0.3, -0.25) is 14.9 Å². The molecule has 1 fully saturated rings. The number of rotatable bonds is 12. The second-order valence-electron chi connectivity index (χ2n) is 8.52. The summed E-state index contributed by atoms with van der Waals surface area (Å²) in [7, 11) is 0. The van der Waals surface area contributed by atoms with Crippen LogP contribution >= 0.6 is 0 Å². The van der Waals surface area contributed by atoms with E-state index < -0.39 is 11.2 Å². The van der Waals surface area contributed by atoms with E-state index in [9.17, 15) is 14.9 Å². The Morgan fingerprint density at radius 1 is 1.24 bits per heavy atom. The zero-order valence-electron chi connectivity index (χ0n) is 18.9. The monoisotopic (exact) mass is 462 g/mol. The summed E-state index contributed by atoms with van der Waals surface area (Å²) in [6.45, 7) is 1.38. The Balaban J connectivity index is 1.50. The fourth-order valence-electron chi connectivity index (χ4n) is 4.32. The van der Waals surface area contributed by atoms with Crippen LogP contribution in [0.15, 0.2) is 30.2 Å². The number of hydrogen-bond donors (Lipinski definition) is 3. The van der Waals surface area contributed by atoms with E-state index in [0.29, 0.717) is 43.6 Å². The summed E-state index contributed by atoms with van der Waals surface area (Å²) in [5.41, 5.74) is -0.0732. The minimum atomic E-state index is -0.501. The standard InChI is InChI=1S/C23H34N4O6/c28-12-4-5-13-32-22-15-18(17-6-2-1-3-7-17)14-20(33-22)23(29)25-11-10-24-21-9-8-19(16-26-21)27(30)31/h8-9,14,16-18,22,28H,1-7,10-13,15H2,(H,24,26)(H,25,29)/t18-,22+/m0/s1. The molecule has 1 aliphatic heterocycles. The topological polar surface area (TPSA) is 136 Å². The number of anilines is 1. The molecular formula is C23H34N4O6. The fraction of sp³-hybridized carbons (Fsp3) is 0.652. The number of aromatic nitrogens is 1. The number of aliphatic hydroxyl groups is 1. The summed E-state index contributed by atoms with van der Waals surface area (Å²) in [6.07, 6.45) is 10.9. The molecule has 0 spiro atoms. The summed E-state index contributed by atoms with van der Waals surface area (Å²) in [4.78, 5) is 26.9. The van der Waals surface area contributed by atoms with Crippen molar-refractivity contribution < 1.29 is 24.3 Å². The van der Waals surface area contributed by atoms with Crippen molar-refractivity contribution in [3.8, 4) is 0 Å². The van der Waals surface area contributed by atoms with Gasteiger partial charge in [-0.05, 0) is 49.7 Å². The van der Waals surface area contributed by atoms with Crippen LogP contribution in [0.4, 0.5) is 11.5 Å². The van der Waals surface area contributed by atoms with Crippen LogP contribution in [-0.2, 0) is 14.3 Å². The van der Waals surface area contributed by atoms with E-state index in [4.69, 9.17) is 14.6 Å². The lowest BCUT2D eigenvalue weighted by Crippen LogP contribution is -2.37. The molecule has 0 saturated heterocycles. The molecule has 2 atom stereocenters. The average Bonchev–Trinajstić information content (AvgIpc) is 2.85. The number of carbonyl (C=O) groups is 1. The molecule has 1 aromatic rings. The predicted octanol–water partition coefficient (Wildman–Crippen LogP) is 3.13. The first-order chi connectivity index (χ1) is 16.1. The Morgan fingerprint density at radius 2 is 2.06 bits per heavy atom. The zero-order chi connectivity index (χ0) is 23.5. The Hall–Kier alpha value is -2.72. The number of amides is 1. The molecule has 0 unspecified atom stereocenters. The highest BCUT2D eigenvalue weighted by Gasteiger charge is 2.32.